The molecule has 3 aromatic rings. The zero-order valence-electron chi connectivity index (χ0n) is 35.1. The third-order valence-electron chi connectivity index (χ3n) is 13.7. The van der Waals surface area contributed by atoms with Gasteiger partial charge in [-0.25, -0.2) is 0 Å². The Morgan fingerprint density at radius 1 is 0.579 bits per heavy atom. The molecule has 9 rings (SSSR count). The summed E-state index contributed by atoms with van der Waals surface area (Å²) in [4.78, 5) is 4.70. The Morgan fingerprint density at radius 3 is 1.56 bits per heavy atom. The average Bonchev–Trinajstić information content (AvgIpc) is 3.89. The van der Waals surface area contributed by atoms with Gasteiger partial charge in [0.25, 0.3) is 0 Å². The van der Waals surface area contributed by atoms with Gasteiger partial charge in [0.15, 0.2) is 0 Å². The fraction of sp³-hybridized carbons (Fsp3) is 0.529. The summed E-state index contributed by atoms with van der Waals surface area (Å²) in [6.45, 7) is 8.86. The Kier molecular flexibility index (Phi) is 16.5. The van der Waals surface area contributed by atoms with Crippen molar-refractivity contribution < 1.29 is 13.5 Å². The van der Waals surface area contributed by atoms with Crippen LogP contribution in [0, 0.1) is 27.4 Å². The molecule has 310 valence electrons. The van der Waals surface area contributed by atoms with Crippen LogP contribution in [0.4, 0.5) is 5.69 Å². The number of benzene rings is 3. The molecule has 0 unspecified atom stereocenters. The average molecular weight is 913 g/mol. The Hall–Kier alpha value is -1.76. The van der Waals surface area contributed by atoms with Crippen molar-refractivity contribution in [2.45, 2.75) is 172 Å². The molecule has 0 atom stereocenters. The maximum atomic E-state index is 6.19. The molecule has 0 saturated heterocycles. The van der Waals surface area contributed by atoms with Crippen molar-refractivity contribution in [3.63, 3.8) is 0 Å². The molecule has 4 saturated carbocycles. The minimum atomic E-state index is -1.88. The molecule has 1 aliphatic heterocycles. The summed E-state index contributed by atoms with van der Waals surface area (Å²) in [5.41, 5.74) is 13.9. The van der Waals surface area contributed by atoms with E-state index in [4.69, 9.17) is 19.4 Å². The van der Waals surface area contributed by atoms with Crippen LogP contribution in [0.1, 0.15) is 162 Å². The molecular weight excluding hydrogens is 844 g/mol. The minimum absolute atomic E-state index is 0.0465. The van der Waals surface area contributed by atoms with Gasteiger partial charge in [-0.05, 0) is 134 Å². The topological polar surface area (TPSA) is 6.48 Å². The normalized spacial score (nSPS) is 21.1. The van der Waals surface area contributed by atoms with E-state index in [1.54, 1.807) is 96.3 Å². The summed E-state index contributed by atoms with van der Waals surface area (Å²) in [5.74, 6) is 0. The molecule has 4 fully saturated rings. The van der Waals surface area contributed by atoms with Crippen LogP contribution in [0.15, 0.2) is 85.2 Å². The van der Waals surface area contributed by atoms with Gasteiger partial charge in [0.1, 0.15) is 0 Å². The molecule has 0 amide bonds. The van der Waals surface area contributed by atoms with Crippen LogP contribution in [0.25, 0.3) is 5.57 Å². The Balaban J connectivity index is 0.000000131. The zero-order valence-corrected chi connectivity index (χ0v) is 39.4. The number of rotatable bonds is 6. The number of fused-ring (bicyclic) bond motifs is 1. The molecule has 0 aromatic heterocycles. The number of hydrogen-bond donors (Lipinski definition) is 0. The van der Waals surface area contributed by atoms with Crippen LogP contribution in [-0.2, 0) is 13.5 Å². The second-order valence-corrected chi connectivity index (χ2v) is 27.1. The summed E-state index contributed by atoms with van der Waals surface area (Å²) in [7, 11) is 12.3. The monoisotopic (exact) mass is 912 g/mol. The fourth-order valence-electron chi connectivity index (χ4n) is 11.2. The van der Waals surface area contributed by atoms with Gasteiger partial charge >= 0.3 is 120 Å². The van der Waals surface area contributed by atoms with Crippen LogP contribution < -0.4 is 4.90 Å². The van der Waals surface area contributed by atoms with Crippen molar-refractivity contribution >= 4 is 42.7 Å². The van der Waals surface area contributed by atoms with Gasteiger partial charge < -0.3 is 9.80 Å². The summed E-state index contributed by atoms with van der Waals surface area (Å²) < 4.78 is 1.12. The molecule has 0 bridgehead atoms. The fourth-order valence-corrected chi connectivity index (χ4v) is 18.9. The van der Waals surface area contributed by atoms with E-state index in [2.05, 4.69) is 98.2 Å². The molecule has 0 N–H and O–H groups in total. The van der Waals surface area contributed by atoms with Gasteiger partial charge in [0.05, 0.1) is 17.0 Å². The summed E-state index contributed by atoms with van der Waals surface area (Å²) in [6, 6.07) is 23.9. The second-order valence-electron chi connectivity index (χ2n) is 17.8. The maximum absolute atomic E-state index is 6.19. The van der Waals surface area contributed by atoms with Gasteiger partial charge in [-0.2, -0.15) is 6.67 Å². The van der Waals surface area contributed by atoms with E-state index in [9.17, 15) is 0 Å². The molecule has 1 heterocycles. The SMILES string of the molecule is C1CCC([PH+](C2CCCCC2)C2CCCCC2)CC1.Cc1cc(C)c(N2C=CN(C3CCCCC3)[CH-]2)c(C)c1.[Cl][Ru]([Cl])=[C]1C=C(c2ccccc2)c2ccccc21. The van der Waals surface area contributed by atoms with E-state index in [1.807, 2.05) is 24.3 Å². The third kappa shape index (κ3) is 11.3. The molecule has 0 spiro atoms. The van der Waals surface area contributed by atoms with E-state index in [-0.39, 0.29) is 7.92 Å². The molecule has 3 aromatic carbocycles. The van der Waals surface area contributed by atoms with Crippen molar-refractivity contribution in [3.05, 3.63) is 125 Å². The summed E-state index contributed by atoms with van der Waals surface area (Å²) >= 11 is -1.88. The van der Waals surface area contributed by atoms with Gasteiger partial charge in [-0.1, -0.05) is 56.2 Å². The van der Waals surface area contributed by atoms with Gasteiger partial charge in [-0.3, -0.25) is 0 Å². The predicted molar refractivity (Wildman–Crippen MR) is 250 cm³/mol. The first-order valence-corrected chi connectivity index (χ1v) is 29.7. The van der Waals surface area contributed by atoms with Gasteiger partial charge in [-0.15, -0.1) is 0 Å². The van der Waals surface area contributed by atoms with E-state index in [0.29, 0.717) is 6.04 Å². The van der Waals surface area contributed by atoms with Crippen molar-refractivity contribution in [1.29, 1.82) is 0 Å². The first kappa shape index (κ1) is 43.3. The first-order chi connectivity index (χ1) is 27.9. The molecule has 0 radical (unpaired) electrons. The van der Waals surface area contributed by atoms with E-state index in [1.165, 1.54) is 93.7 Å². The third-order valence-corrected chi connectivity index (χ3v) is 21.4. The molecule has 2 nitrogen and oxygen atoms in total. The van der Waals surface area contributed by atoms with Crippen molar-refractivity contribution in [1.82, 2.24) is 4.90 Å². The van der Waals surface area contributed by atoms with Crippen LogP contribution in [0.5, 0.6) is 0 Å². The van der Waals surface area contributed by atoms with E-state index in [0.717, 1.165) is 4.11 Å². The number of nitrogens with zero attached hydrogens (tertiary/aromatic N) is 2. The van der Waals surface area contributed by atoms with Crippen LogP contribution >= 0.6 is 27.3 Å². The Labute approximate surface area is 361 Å². The zero-order chi connectivity index (χ0) is 39.6. The summed E-state index contributed by atoms with van der Waals surface area (Å²) in [6.07, 6.45) is 37.2. The first-order valence-electron chi connectivity index (χ1n) is 22.6. The Bertz CT molecular complexity index is 1760. The predicted octanol–water partition coefficient (Wildman–Crippen LogP) is 15.4. The van der Waals surface area contributed by atoms with Gasteiger partial charge in [0.2, 0.25) is 0 Å². The van der Waals surface area contributed by atoms with Crippen LogP contribution in [0.3, 0.4) is 0 Å². The second kappa shape index (κ2) is 21.7. The van der Waals surface area contributed by atoms with Crippen molar-refractivity contribution in [3.8, 4) is 0 Å². The van der Waals surface area contributed by atoms with E-state index < -0.39 is 13.5 Å². The molecule has 5 aliphatic carbocycles. The molecule has 6 aliphatic rings. The standard InChI is InChI=1S/C18H25N2.C18H33P.C15H10.2ClH.Ru/c1-14-11-15(2)18(16(3)12-14)20-10-9-19(13-20)17-7-5-4-6-8-17;1-4-10-16(11-5-1)19(17-12-6-2-7-13-17)18-14-8-3-9-15-18;1-2-6-12(7-3-1)15-11-10-13-8-4-5-9-14(13)15;;;/h9-13,17H,4-8H2,1-3H3;16-18H,1-15H2;1-9,11H;2*1H;/q-1;;;;;+2/p-1. The van der Waals surface area contributed by atoms with Crippen molar-refractivity contribution in [2.75, 3.05) is 4.90 Å². The molecular formula is C51H69Cl2N2PRu. The molecule has 57 heavy (non-hydrogen) atoms. The molecule has 6 heteroatoms. The Morgan fingerprint density at radius 2 is 1.05 bits per heavy atom. The number of anilines is 1. The van der Waals surface area contributed by atoms with Crippen LogP contribution in [0.2, 0.25) is 0 Å². The number of hydrogen-bond acceptors (Lipinski definition) is 2. The summed E-state index contributed by atoms with van der Waals surface area (Å²) in [5, 5.41) is 0. The van der Waals surface area contributed by atoms with Gasteiger partial charge in [0, 0.05) is 19.7 Å². The number of allylic oxidation sites excluding steroid dienone is 1. The van der Waals surface area contributed by atoms with Crippen LogP contribution in [-0.4, -0.2) is 32.0 Å². The van der Waals surface area contributed by atoms with E-state index >= 15 is 0 Å². The van der Waals surface area contributed by atoms with Crippen molar-refractivity contribution in [2.24, 2.45) is 0 Å². The number of aryl methyl sites for hydroxylation is 3. The quantitative estimate of drug-likeness (QED) is 0.138. The number of halogens is 2.